The van der Waals surface area contributed by atoms with Gasteiger partial charge in [-0.1, -0.05) is 34.1 Å². The molecule has 1 aromatic carbocycles. The summed E-state index contributed by atoms with van der Waals surface area (Å²) in [7, 11) is 0. The summed E-state index contributed by atoms with van der Waals surface area (Å²) in [5.74, 6) is 2.52. The predicted octanol–water partition coefficient (Wildman–Crippen LogP) is 3.96. The fourth-order valence-electron chi connectivity index (χ4n) is 3.46. The van der Waals surface area contributed by atoms with Crippen molar-refractivity contribution < 1.29 is 9.84 Å². The molecule has 0 saturated carbocycles. The van der Waals surface area contributed by atoms with E-state index in [9.17, 15) is 5.11 Å². The molecule has 1 aromatic rings. The monoisotopic (exact) mass is 356 g/mol. The summed E-state index contributed by atoms with van der Waals surface area (Å²) >= 11 is 5.55. The Morgan fingerprint density at radius 3 is 2.95 bits per heavy atom. The molecule has 4 heteroatoms. The van der Waals surface area contributed by atoms with Crippen LogP contribution in [-0.2, 0) is 10.3 Å². The third kappa shape index (κ3) is 2.68. The molecule has 2 aliphatic rings. The van der Waals surface area contributed by atoms with Crippen molar-refractivity contribution in [2.75, 3.05) is 18.1 Å². The van der Waals surface area contributed by atoms with E-state index in [-0.39, 0.29) is 11.5 Å². The van der Waals surface area contributed by atoms with Crippen LogP contribution >= 0.6 is 27.7 Å². The fraction of sp³-hybridized carbons (Fsp3) is 0.625. The summed E-state index contributed by atoms with van der Waals surface area (Å²) in [5.41, 5.74) is 0.205. The lowest BCUT2D eigenvalue weighted by atomic mass is 9.73. The van der Waals surface area contributed by atoms with Gasteiger partial charge in [-0.3, -0.25) is 0 Å². The highest BCUT2D eigenvalue weighted by molar-refractivity contribution is 9.10. The van der Waals surface area contributed by atoms with Crippen molar-refractivity contribution >= 4 is 27.7 Å². The second-order valence-electron chi connectivity index (χ2n) is 6.15. The maximum Gasteiger partial charge on any atom is 0.0909 e. The maximum atomic E-state index is 11.1. The normalized spacial score (nSPS) is 33.2. The predicted molar refractivity (Wildman–Crippen MR) is 87.1 cm³/mol. The third-order valence-corrected chi connectivity index (χ3v) is 6.69. The Hall–Kier alpha value is -0.0300. The van der Waals surface area contributed by atoms with Crippen molar-refractivity contribution in [3.05, 3.63) is 34.3 Å². The molecule has 1 N–H and O–H groups in total. The lowest BCUT2D eigenvalue weighted by molar-refractivity contribution is -0.129. The number of rotatable bonds is 2. The first kappa shape index (κ1) is 14.9. The fourth-order valence-corrected chi connectivity index (χ4v) is 5.53. The smallest absolute Gasteiger partial charge is 0.0909 e. The van der Waals surface area contributed by atoms with Crippen molar-refractivity contribution in [1.82, 2.24) is 0 Å². The van der Waals surface area contributed by atoms with Crippen molar-refractivity contribution in [1.29, 1.82) is 0 Å². The number of thioether (sulfide) groups is 1. The lowest BCUT2D eigenvalue weighted by Gasteiger charge is -2.44. The Morgan fingerprint density at radius 2 is 2.25 bits per heavy atom. The van der Waals surface area contributed by atoms with E-state index in [2.05, 4.69) is 15.9 Å². The zero-order valence-electron chi connectivity index (χ0n) is 11.8. The van der Waals surface area contributed by atoms with Gasteiger partial charge in [-0.05, 0) is 49.5 Å². The molecule has 3 unspecified atom stereocenters. The van der Waals surface area contributed by atoms with Crippen LogP contribution in [0.5, 0.6) is 0 Å². The number of aliphatic hydroxyl groups is 1. The average Bonchev–Trinajstić information content (AvgIpc) is 2.87. The summed E-state index contributed by atoms with van der Waals surface area (Å²) in [5, 5.41) is 11.1. The van der Waals surface area contributed by atoms with Gasteiger partial charge in [0.05, 0.1) is 11.2 Å². The highest BCUT2D eigenvalue weighted by Crippen LogP contribution is 2.47. The zero-order valence-corrected chi connectivity index (χ0v) is 14.2. The largest absolute Gasteiger partial charge is 0.385 e. The topological polar surface area (TPSA) is 29.5 Å². The lowest BCUT2D eigenvalue weighted by Crippen LogP contribution is -2.46. The van der Waals surface area contributed by atoms with Crippen LogP contribution < -0.4 is 0 Å². The molecule has 2 aliphatic heterocycles. The van der Waals surface area contributed by atoms with Crippen LogP contribution in [0.25, 0.3) is 0 Å². The van der Waals surface area contributed by atoms with Crippen LogP contribution in [0.1, 0.15) is 31.7 Å². The molecule has 2 fully saturated rings. The van der Waals surface area contributed by atoms with Gasteiger partial charge in [0.25, 0.3) is 0 Å². The number of hydrogen-bond acceptors (Lipinski definition) is 3. The van der Waals surface area contributed by atoms with Gasteiger partial charge in [0.15, 0.2) is 0 Å². The first-order chi connectivity index (χ1) is 9.54. The van der Waals surface area contributed by atoms with Crippen molar-refractivity contribution in [3.8, 4) is 0 Å². The van der Waals surface area contributed by atoms with Gasteiger partial charge in [0.2, 0.25) is 0 Å². The zero-order chi connectivity index (χ0) is 14.2. The number of hydrogen-bond donors (Lipinski definition) is 1. The minimum Gasteiger partial charge on any atom is -0.385 e. The summed E-state index contributed by atoms with van der Waals surface area (Å²) in [6.45, 7) is 2.73. The molecule has 2 nitrogen and oxygen atoms in total. The Bertz CT molecular complexity index is 483. The second kappa shape index (κ2) is 5.64. The first-order valence-electron chi connectivity index (χ1n) is 7.23. The quantitative estimate of drug-likeness (QED) is 0.869. The molecule has 0 bridgehead atoms. The molecule has 2 saturated heterocycles. The van der Waals surface area contributed by atoms with Crippen LogP contribution in [0, 0.1) is 5.92 Å². The average molecular weight is 357 g/mol. The van der Waals surface area contributed by atoms with Crippen molar-refractivity contribution in [3.63, 3.8) is 0 Å². The molecule has 0 aliphatic carbocycles. The van der Waals surface area contributed by atoms with E-state index >= 15 is 0 Å². The highest BCUT2D eigenvalue weighted by Gasteiger charge is 2.46. The molecule has 0 aromatic heterocycles. The summed E-state index contributed by atoms with van der Waals surface area (Å²) < 4.78 is 7.07. The van der Waals surface area contributed by atoms with E-state index < -0.39 is 5.60 Å². The Kier molecular flexibility index (Phi) is 4.20. The highest BCUT2D eigenvalue weighted by atomic mass is 79.9. The molecule has 1 spiro atoms. The van der Waals surface area contributed by atoms with Gasteiger partial charge in [0, 0.05) is 16.8 Å². The SMILES string of the molecule is CC(O)(c1ccccc1Br)C1CCOC2(CCSC2)C1. The van der Waals surface area contributed by atoms with Crippen LogP contribution in [0.3, 0.4) is 0 Å². The van der Waals surface area contributed by atoms with Gasteiger partial charge in [-0.2, -0.15) is 11.8 Å². The molecular weight excluding hydrogens is 336 g/mol. The Morgan fingerprint density at radius 1 is 1.45 bits per heavy atom. The van der Waals surface area contributed by atoms with Gasteiger partial charge in [0.1, 0.15) is 0 Å². The van der Waals surface area contributed by atoms with Crippen LogP contribution in [0.4, 0.5) is 0 Å². The number of benzene rings is 1. The third-order valence-electron chi connectivity index (χ3n) is 4.77. The van der Waals surface area contributed by atoms with Crippen LogP contribution in [0.15, 0.2) is 28.7 Å². The molecule has 3 rings (SSSR count). The van der Waals surface area contributed by atoms with Crippen LogP contribution in [-0.4, -0.2) is 28.8 Å². The van der Waals surface area contributed by atoms with E-state index in [0.29, 0.717) is 0 Å². The molecule has 20 heavy (non-hydrogen) atoms. The van der Waals surface area contributed by atoms with E-state index in [0.717, 1.165) is 41.7 Å². The molecule has 110 valence electrons. The molecular formula is C16H21BrO2S. The molecule has 0 radical (unpaired) electrons. The van der Waals surface area contributed by atoms with Crippen molar-refractivity contribution in [2.24, 2.45) is 5.92 Å². The van der Waals surface area contributed by atoms with Crippen LogP contribution in [0.2, 0.25) is 0 Å². The minimum absolute atomic E-state index is 0.0127. The van der Waals surface area contributed by atoms with Gasteiger partial charge in [-0.25, -0.2) is 0 Å². The van der Waals surface area contributed by atoms with Gasteiger partial charge >= 0.3 is 0 Å². The minimum atomic E-state index is -0.801. The standard InChI is InChI=1S/C16H21BrO2S/c1-15(18,13-4-2-3-5-14(13)17)12-6-8-19-16(10-12)7-9-20-11-16/h2-5,12,18H,6-11H2,1H3. The summed E-state index contributed by atoms with van der Waals surface area (Å²) in [6, 6.07) is 8.01. The number of ether oxygens (including phenoxy) is 1. The van der Waals surface area contributed by atoms with Gasteiger partial charge in [-0.15, -0.1) is 0 Å². The van der Waals surface area contributed by atoms with E-state index in [1.54, 1.807) is 0 Å². The maximum absolute atomic E-state index is 11.1. The van der Waals surface area contributed by atoms with Gasteiger partial charge < -0.3 is 9.84 Å². The summed E-state index contributed by atoms with van der Waals surface area (Å²) in [4.78, 5) is 0. The summed E-state index contributed by atoms with van der Waals surface area (Å²) in [6.07, 6.45) is 3.02. The molecule has 3 atom stereocenters. The first-order valence-corrected chi connectivity index (χ1v) is 9.17. The Labute approximate surface area is 133 Å². The van der Waals surface area contributed by atoms with E-state index in [4.69, 9.17) is 4.74 Å². The van der Waals surface area contributed by atoms with E-state index in [1.165, 1.54) is 5.75 Å². The molecule has 0 amide bonds. The van der Waals surface area contributed by atoms with E-state index in [1.807, 2.05) is 43.0 Å². The molecule has 2 heterocycles. The van der Waals surface area contributed by atoms with Crippen molar-refractivity contribution in [2.45, 2.75) is 37.4 Å². The Balaban J connectivity index is 1.85. The second-order valence-corrected chi connectivity index (χ2v) is 8.11. The number of halogens is 1.